The van der Waals surface area contributed by atoms with Crippen molar-refractivity contribution in [1.29, 1.82) is 0 Å². The molecule has 0 aromatic heterocycles. The molecule has 54 valence electrons. The summed E-state index contributed by atoms with van der Waals surface area (Å²) in [4.78, 5) is 0. The Hall–Kier alpha value is 0.430. The molecule has 0 aromatic carbocycles. The summed E-state index contributed by atoms with van der Waals surface area (Å²) in [5.41, 5.74) is 6.83. The van der Waals surface area contributed by atoms with Crippen LogP contribution in [0.25, 0.3) is 0 Å². The summed E-state index contributed by atoms with van der Waals surface area (Å²) >= 11 is 2.21. The van der Waals surface area contributed by atoms with Crippen LogP contribution in [0.1, 0.15) is 26.2 Å². The molecule has 0 amide bonds. The molecule has 2 N–H and O–H groups in total. The van der Waals surface area contributed by atoms with Crippen molar-refractivity contribution in [1.82, 2.24) is 0 Å². The van der Waals surface area contributed by atoms with Crippen LogP contribution < -0.4 is 5.73 Å². The van der Waals surface area contributed by atoms with E-state index in [1.165, 1.54) is 12.0 Å². The van der Waals surface area contributed by atoms with E-state index in [0.29, 0.717) is 0 Å². The Kier molecular flexibility index (Phi) is 5.48. The molecule has 0 heterocycles. The Balaban J connectivity index is 3.27. The summed E-state index contributed by atoms with van der Waals surface area (Å²) in [5.74, 6) is 0. The molecule has 0 aromatic rings. The molecule has 0 bridgehead atoms. The number of alkyl halides is 1. The zero-order valence-electron chi connectivity index (χ0n) is 5.86. The number of nitrogens with two attached hydrogens (primary N) is 1. The molecule has 9 heavy (non-hydrogen) atoms. The minimum atomic E-state index is 0.252. The molecule has 0 rings (SSSR count). The molecule has 0 aliphatic rings. The summed E-state index contributed by atoms with van der Waals surface area (Å²) in [6.07, 6.45) is 3.27. The first-order chi connectivity index (χ1) is 4.16. The fourth-order valence-corrected chi connectivity index (χ4v) is 1.35. The highest BCUT2D eigenvalue weighted by Gasteiger charge is 1.97. The highest BCUT2D eigenvalue weighted by molar-refractivity contribution is 14.1. The van der Waals surface area contributed by atoms with Gasteiger partial charge in [-0.2, -0.15) is 0 Å². The molecular weight excluding hydrogens is 225 g/mol. The van der Waals surface area contributed by atoms with Crippen LogP contribution in [0.2, 0.25) is 0 Å². The van der Waals surface area contributed by atoms with Gasteiger partial charge < -0.3 is 5.73 Å². The van der Waals surface area contributed by atoms with E-state index in [4.69, 9.17) is 5.73 Å². The topological polar surface area (TPSA) is 26.0 Å². The lowest BCUT2D eigenvalue weighted by Crippen LogP contribution is -2.10. The molecular formula is C7H14IN. The van der Waals surface area contributed by atoms with Crippen molar-refractivity contribution in [3.63, 3.8) is 0 Å². The molecule has 0 fully saturated rings. The average molecular weight is 239 g/mol. The summed E-state index contributed by atoms with van der Waals surface area (Å²) in [6.45, 7) is 6.06. The van der Waals surface area contributed by atoms with E-state index in [-0.39, 0.29) is 4.05 Å². The van der Waals surface area contributed by atoms with Crippen molar-refractivity contribution in [3.8, 4) is 0 Å². The Morgan fingerprint density at radius 1 is 1.78 bits per heavy atom. The SMILES string of the molecule is C=C(CCC)CC(N)I. The average Bonchev–Trinajstić information content (AvgIpc) is 1.63. The Bertz CT molecular complexity index is 88.9. The van der Waals surface area contributed by atoms with Crippen molar-refractivity contribution in [2.24, 2.45) is 5.73 Å². The van der Waals surface area contributed by atoms with E-state index >= 15 is 0 Å². The van der Waals surface area contributed by atoms with Crippen LogP contribution >= 0.6 is 22.6 Å². The monoisotopic (exact) mass is 239 g/mol. The van der Waals surface area contributed by atoms with Gasteiger partial charge in [0.1, 0.15) is 0 Å². The van der Waals surface area contributed by atoms with Gasteiger partial charge in [-0.15, -0.1) is 0 Å². The zero-order valence-corrected chi connectivity index (χ0v) is 8.02. The second kappa shape index (κ2) is 5.23. The maximum atomic E-state index is 5.55. The molecule has 1 unspecified atom stereocenters. The predicted octanol–water partition coefficient (Wildman–Crippen LogP) is 2.45. The first-order valence-electron chi connectivity index (χ1n) is 3.23. The van der Waals surface area contributed by atoms with Crippen molar-refractivity contribution >= 4 is 22.6 Å². The van der Waals surface area contributed by atoms with Gasteiger partial charge in [-0.25, -0.2) is 0 Å². The molecule has 1 atom stereocenters. The van der Waals surface area contributed by atoms with Crippen LogP contribution in [0.5, 0.6) is 0 Å². The van der Waals surface area contributed by atoms with E-state index in [2.05, 4.69) is 36.1 Å². The summed E-state index contributed by atoms with van der Waals surface area (Å²) in [6, 6.07) is 0. The summed E-state index contributed by atoms with van der Waals surface area (Å²) in [7, 11) is 0. The van der Waals surface area contributed by atoms with E-state index in [1.807, 2.05) is 0 Å². The summed E-state index contributed by atoms with van der Waals surface area (Å²) < 4.78 is 0.252. The zero-order chi connectivity index (χ0) is 7.28. The Morgan fingerprint density at radius 2 is 2.33 bits per heavy atom. The van der Waals surface area contributed by atoms with Gasteiger partial charge in [0.25, 0.3) is 0 Å². The molecule has 0 radical (unpaired) electrons. The number of hydrogen-bond donors (Lipinski definition) is 1. The number of halogens is 1. The Morgan fingerprint density at radius 3 is 2.67 bits per heavy atom. The van der Waals surface area contributed by atoms with Crippen LogP contribution in [0, 0.1) is 0 Å². The van der Waals surface area contributed by atoms with E-state index in [9.17, 15) is 0 Å². The van der Waals surface area contributed by atoms with Gasteiger partial charge in [0.2, 0.25) is 0 Å². The van der Waals surface area contributed by atoms with Gasteiger partial charge in [0.05, 0.1) is 4.05 Å². The standard InChI is InChI=1S/C7H14IN/c1-3-4-6(2)5-7(8)9/h7H,2-5,9H2,1H3. The second-order valence-electron chi connectivity index (χ2n) is 2.22. The molecule has 0 saturated heterocycles. The van der Waals surface area contributed by atoms with Gasteiger partial charge in [-0.3, -0.25) is 0 Å². The fourth-order valence-electron chi connectivity index (χ4n) is 0.731. The largest absolute Gasteiger partial charge is 0.319 e. The number of hydrogen-bond acceptors (Lipinski definition) is 1. The third-order valence-electron chi connectivity index (χ3n) is 1.09. The first-order valence-corrected chi connectivity index (χ1v) is 4.47. The lowest BCUT2D eigenvalue weighted by atomic mass is 10.1. The van der Waals surface area contributed by atoms with Gasteiger partial charge in [-0.1, -0.05) is 48.1 Å². The lowest BCUT2D eigenvalue weighted by Gasteiger charge is -2.04. The van der Waals surface area contributed by atoms with Gasteiger partial charge in [-0.05, 0) is 12.8 Å². The van der Waals surface area contributed by atoms with Crippen molar-refractivity contribution in [2.45, 2.75) is 30.2 Å². The van der Waals surface area contributed by atoms with Crippen molar-refractivity contribution in [3.05, 3.63) is 12.2 Å². The minimum Gasteiger partial charge on any atom is -0.319 e. The van der Waals surface area contributed by atoms with Crippen LogP contribution in [0.3, 0.4) is 0 Å². The third kappa shape index (κ3) is 6.31. The second-order valence-corrected chi connectivity index (χ2v) is 3.82. The van der Waals surface area contributed by atoms with Crippen molar-refractivity contribution < 1.29 is 0 Å². The van der Waals surface area contributed by atoms with E-state index in [0.717, 1.165) is 12.8 Å². The molecule has 0 aliphatic carbocycles. The molecule has 2 heteroatoms. The molecule has 0 spiro atoms. The van der Waals surface area contributed by atoms with Crippen LogP contribution in [0.4, 0.5) is 0 Å². The minimum absolute atomic E-state index is 0.252. The maximum absolute atomic E-state index is 5.55. The normalized spacial score (nSPS) is 13.2. The van der Waals surface area contributed by atoms with E-state index in [1.54, 1.807) is 0 Å². The molecule has 1 nitrogen and oxygen atoms in total. The van der Waals surface area contributed by atoms with Gasteiger partial charge in [0, 0.05) is 0 Å². The predicted molar refractivity (Wildman–Crippen MR) is 50.7 cm³/mol. The van der Waals surface area contributed by atoms with Gasteiger partial charge in [0.15, 0.2) is 0 Å². The quantitative estimate of drug-likeness (QED) is 0.347. The van der Waals surface area contributed by atoms with Gasteiger partial charge >= 0.3 is 0 Å². The Labute approximate surface area is 70.8 Å². The first kappa shape index (κ1) is 9.43. The highest BCUT2D eigenvalue weighted by atomic mass is 127. The van der Waals surface area contributed by atoms with Crippen LogP contribution in [0.15, 0.2) is 12.2 Å². The van der Waals surface area contributed by atoms with Crippen LogP contribution in [-0.2, 0) is 0 Å². The lowest BCUT2D eigenvalue weighted by molar-refractivity contribution is 0.816. The van der Waals surface area contributed by atoms with E-state index < -0.39 is 0 Å². The maximum Gasteiger partial charge on any atom is 0.0606 e. The summed E-state index contributed by atoms with van der Waals surface area (Å²) in [5, 5.41) is 0. The van der Waals surface area contributed by atoms with Crippen molar-refractivity contribution in [2.75, 3.05) is 0 Å². The highest BCUT2D eigenvalue weighted by Crippen LogP contribution is 2.11. The molecule has 0 saturated carbocycles. The fraction of sp³-hybridized carbons (Fsp3) is 0.714. The number of rotatable bonds is 4. The van der Waals surface area contributed by atoms with Crippen LogP contribution in [-0.4, -0.2) is 4.05 Å². The third-order valence-corrected chi connectivity index (χ3v) is 1.53. The smallest absolute Gasteiger partial charge is 0.0606 e. The molecule has 0 aliphatic heterocycles.